The first kappa shape index (κ1) is 16.9. The minimum absolute atomic E-state index is 0.183. The second-order valence-corrected chi connectivity index (χ2v) is 5.77. The van der Waals surface area contributed by atoms with Gasteiger partial charge in [0.05, 0.1) is 0 Å². The molecule has 25 heavy (non-hydrogen) atoms. The minimum Gasteiger partial charge on any atom is -0.485 e. The number of hydrogen-bond donors (Lipinski definition) is 0. The van der Waals surface area contributed by atoms with Crippen molar-refractivity contribution in [3.63, 3.8) is 0 Å². The van der Waals surface area contributed by atoms with Gasteiger partial charge in [0.15, 0.2) is 6.61 Å². The van der Waals surface area contributed by atoms with Gasteiger partial charge in [-0.15, -0.1) is 0 Å². The van der Waals surface area contributed by atoms with Crippen molar-refractivity contribution >= 4 is 5.78 Å². The lowest BCUT2D eigenvalue weighted by Gasteiger charge is -2.10. The van der Waals surface area contributed by atoms with Crippen LogP contribution in [-0.2, 0) is 0 Å². The van der Waals surface area contributed by atoms with Crippen molar-refractivity contribution < 1.29 is 18.3 Å². The molecule has 0 aliphatic carbocycles. The number of halogens is 2. The van der Waals surface area contributed by atoms with Crippen LogP contribution in [0.2, 0.25) is 0 Å². The van der Waals surface area contributed by atoms with Gasteiger partial charge in [-0.05, 0) is 56.3 Å². The molecular weight excluding hydrogens is 324 g/mol. The lowest BCUT2D eigenvalue weighted by atomic mass is 10.1. The maximum absolute atomic E-state index is 13.2. The molecule has 0 unspecified atom stereocenters. The van der Waals surface area contributed by atoms with Gasteiger partial charge in [-0.2, -0.15) is 0 Å². The predicted octanol–water partition coefficient (Wildman–Crippen LogP) is 4.63. The molecule has 3 nitrogen and oxygen atoms in total. The Morgan fingerprint density at radius 3 is 2.40 bits per heavy atom. The highest BCUT2D eigenvalue weighted by Gasteiger charge is 2.17. The summed E-state index contributed by atoms with van der Waals surface area (Å²) in [5, 5.41) is 0. The van der Waals surface area contributed by atoms with Crippen molar-refractivity contribution in [2.75, 3.05) is 6.61 Å². The zero-order valence-electron chi connectivity index (χ0n) is 13.9. The molecule has 0 N–H and O–H groups in total. The number of carbonyl (C=O) groups excluding carboxylic acids is 1. The van der Waals surface area contributed by atoms with Gasteiger partial charge in [0.25, 0.3) is 0 Å². The van der Waals surface area contributed by atoms with Gasteiger partial charge in [-0.3, -0.25) is 4.79 Å². The third-order valence-electron chi connectivity index (χ3n) is 3.98. The van der Waals surface area contributed by atoms with E-state index in [2.05, 4.69) is 0 Å². The topological polar surface area (TPSA) is 31.2 Å². The van der Waals surface area contributed by atoms with Gasteiger partial charge in [-0.1, -0.05) is 6.07 Å². The average molecular weight is 341 g/mol. The number of Topliss-reactive ketones (excluding diaryl/α,β-unsaturated/α-hetero) is 1. The van der Waals surface area contributed by atoms with E-state index in [-0.39, 0.29) is 18.2 Å². The van der Waals surface area contributed by atoms with Crippen molar-refractivity contribution in [3.8, 4) is 11.4 Å². The molecule has 0 fully saturated rings. The Labute approximate surface area is 144 Å². The van der Waals surface area contributed by atoms with Gasteiger partial charge in [0, 0.05) is 28.7 Å². The number of ketones is 1. The van der Waals surface area contributed by atoms with E-state index in [0.717, 1.165) is 17.1 Å². The number of benzene rings is 2. The van der Waals surface area contributed by atoms with Crippen molar-refractivity contribution in [1.82, 2.24) is 4.57 Å². The number of carbonyl (C=O) groups is 1. The van der Waals surface area contributed by atoms with E-state index < -0.39 is 5.82 Å². The smallest absolute Gasteiger partial charge is 0.202 e. The van der Waals surface area contributed by atoms with Crippen LogP contribution < -0.4 is 4.74 Å². The molecule has 1 aromatic heterocycles. The van der Waals surface area contributed by atoms with Gasteiger partial charge < -0.3 is 9.30 Å². The van der Waals surface area contributed by atoms with E-state index in [1.807, 2.05) is 18.4 Å². The first-order valence-electron chi connectivity index (χ1n) is 7.82. The Kier molecular flexibility index (Phi) is 4.65. The standard InChI is InChI=1S/C20H17F2NO2/c1-13-10-19(14(2)23(13)17-8-6-15(21)7-9-17)20(24)12-25-18-5-3-4-16(22)11-18/h3-11H,12H2,1-2H3. The summed E-state index contributed by atoms with van der Waals surface area (Å²) in [4.78, 5) is 12.5. The van der Waals surface area contributed by atoms with E-state index in [9.17, 15) is 13.6 Å². The van der Waals surface area contributed by atoms with E-state index in [4.69, 9.17) is 4.74 Å². The lowest BCUT2D eigenvalue weighted by Crippen LogP contribution is -2.12. The van der Waals surface area contributed by atoms with Crippen LogP contribution in [0.3, 0.4) is 0 Å². The van der Waals surface area contributed by atoms with E-state index in [0.29, 0.717) is 11.3 Å². The van der Waals surface area contributed by atoms with Crippen LogP contribution in [0.4, 0.5) is 8.78 Å². The quantitative estimate of drug-likeness (QED) is 0.633. The summed E-state index contributed by atoms with van der Waals surface area (Å²) >= 11 is 0. The molecule has 0 saturated carbocycles. The molecule has 3 rings (SSSR count). The predicted molar refractivity (Wildman–Crippen MR) is 91.4 cm³/mol. The molecule has 0 bridgehead atoms. The van der Waals surface area contributed by atoms with Gasteiger partial charge in [-0.25, -0.2) is 8.78 Å². The summed E-state index contributed by atoms with van der Waals surface area (Å²) in [7, 11) is 0. The van der Waals surface area contributed by atoms with Crippen molar-refractivity contribution in [2.45, 2.75) is 13.8 Å². The molecule has 1 heterocycles. The Morgan fingerprint density at radius 1 is 1.00 bits per heavy atom. The Balaban J connectivity index is 1.82. The normalized spacial score (nSPS) is 10.7. The Hall–Kier alpha value is -2.95. The fourth-order valence-electron chi connectivity index (χ4n) is 2.82. The molecule has 0 aliphatic heterocycles. The first-order chi connectivity index (χ1) is 12.0. The first-order valence-corrected chi connectivity index (χ1v) is 7.82. The number of nitrogens with zero attached hydrogens (tertiary/aromatic N) is 1. The molecule has 2 aromatic carbocycles. The molecule has 3 aromatic rings. The van der Waals surface area contributed by atoms with Gasteiger partial charge in [0.1, 0.15) is 17.4 Å². The van der Waals surface area contributed by atoms with Crippen LogP contribution >= 0.6 is 0 Å². The molecule has 0 amide bonds. The summed E-state index contributed by atoms with van der Waals surface area (Å²) in [5.74, 6) is -0.628. The van der Waals surface area contributed by atoms with Crippen LogP contribution in [0.1, 0.15) is 21.7 Å². The third-order valence-corrected chi connectivity index (χ3v) is 3.98. The number of rotatable bonds is 5. The number of aromatic nitrogens is 1. The molecule has 0 radical (unpaired) electrons. The number of hydrogen-bond acceptors (Lipinski definition) is 2. The largest absolute Gasteiger partial charge is 0.485 e. The summed E-state index contributed by atoms with van der Waals surface area (Å²) in [6, 6.07) is 13.5. The van der Waals surface area contributed by atoms with Gasteiger partial charge in [0.2, 0.25) is 5.78 Å². The monoisotopic (exact) mass is 341 g/mol. The maximum atomic E-state index is 13.2. The average Bonchev–Trinajstić information content (AvgIpc) is 2.88. The zero-order valence-corrected chi connectivity index (χ0v) is 13.9. The SMILES string of the molecule is Cc1cc(C(=O)COc2cccc(F)c2)c(C)n1-c1ccc(F)cc1. The van der Waals surface area contributed by atoms with Crippen molar-refractivity contribution in [3.05, 3.63) is 83.2 Å². The fraction of sp³-hybridized carbons (Fsp3) is 0.150. The second kappa shape index (κ2) is 6.89. The summed E-state index contributed by atoms with van der Waals surface area (Å²) in [5.41, 5.74) is 2.91. The van der Waals surface area contributed by atoms with Crippen LogP contribution in [-0.4, -0.2) is 17.0 Å². The summed E-state index contributed by atoms with van der Waals surface area (Å²) in [6.07, 6.45) is 0. The second-order valence-electron chi connectivity index (χ2n) is 5.77. The highest BCUT2D eigenvalue weighted by molar-refractivity contribution is 5.98. The number of ether oxygens (including phenoxy) is 1. The summed E-state index contributed by atoms with van der Waals surface area (Å²) in [6.45, 7) is 3.52. The minimum atomic E-state index is -0.417. The molecule has 0 saturated heterocycles. The zero-order chi connectivity index (χ0) is 18.0. The highest BCUT2D eigenvalue weighted by atomic mass is 19.1. The van der Waals surface area contributed by atoms with E-state index >= 15 is 0 Å². The fourth-order valence-corrected chi connectivity index (χ4v) is 2.82. The highest BCUT2D eigenvalue weighted by Crippen LogP contribution is 2.22. The molecule has 5 heteroatoms. The van der Waals surface area contributed by atoms with Crippen LogP contribution in [0, 0.1) is 25.5 Å². The van der Waals surface area contributed by atoms with Crippen LogP contribution in [0.15, 0.2) is 54.6 Å². The van der Waals surface area contributed by atoms with E-state index in [1.54, 1.807) is 24.3 Å². The molecule has 128 valence electrons. The molecule has 0 spiro atoms. The van der Waals surface area contributed by atoms with Crippen molar-refractivity contribution in [2.24, 2.45) is 0 Å². The van der Waals surface area contributed by atoms with E-state index in [1.165, 1.54) is 30.3 Å². The lowest BCUT2D eigenvalue weighted by molar-refractivity contribution is 0.0920. The maximum Gasteiger partial charge on any atom is 0.202 e. The molecule has 0 aliphatic rings. The Bertz CT molecular complexity index is 914. The van der Waals surface area contributed by atoms with Crippen molar-refractivity contribution in [1.29, 1.82) is 0 Å². The molecule has 0 atom stereocenters. The van der Waals surface area contributed by atoms with Crippen LogP contribution in [0.25, 0.3) is 5.69 Å². The third kappa shape index (κ3) is 3.60. The summed E-state index contributed by atoms with van der Waals surface area (Å²) < 4.78 is 33.5. The van der Waals surface area contributed by atoms with Gasteiger partial charge >= 0.3 is 0 Å². The van der Waals surface area contributed by atoms with Crippen LogP contribution in [0.5, 0.6) is 5.75 Å². The molecular formula is C20H17F2NO2. The number of aryl methyl sites for hydroxylation is 1. The Morgan fingerprint density at radius 2 is 1.72 bits per heavy atom.